The van der Waals surface area contributed by atoms with Crippen LogP contribution in [0.4, 0.5) is 15.8 Å². The van der Waals surface area contributed by atoms with Crippen LogP contribution in [0, 0.1) is 5.82 Å². The maximum absolute atomic E-state index is 13.8. The molecule has 0 spiro atoms. The van der Waals surface area contributed by atoms with Crippen molar-refractivity contribution in [3.63, 3.8) is 0 Å². The van der Waals surface area contributed by atoms with E-state index in [-0.39, 0.29) is 12.1 Å². The Morgan fingerprint density at radius 2 is 2.04 bits per heavy atom. The minimum absolute atomic E-state index is 0.0894. The van der Waals surface area contributed by atoms with Crippen LogP contribution in [0.15, 0.2) is 36.4 Å². The van der Waals surface area contributed by atoms with Gasteiger partial charge < -0.3 is 24.9 Å². The highest BCUT2D eigenvalue weighted by Gasteiger charge is 2.16. The second-order valence-corrected chi connectivity index (χ2v) is 6.08. The van der Waals surface area contributed by atoms with E-state index >= 15 is 0 Å². The molecule has 0 radical (unpaired) electrons. The minimum Gasteiger partial charge on any atom is -0.545 e. The van der Waals surface area contributed by atoms with Gasteiger partial charge in [0.15, 0.2) is 0 Å². The SMILES string of the molecule is O=C([O-])c1cc(NCc2c(F)cccc2Cl)ccc1N1CCOCC1. The van der Waals surface area contributed by atoms with Gasteiger partial charge in [0.25, 0.3) is 0 Å². The third kappa shape index (κ3) is 4.03. The van der Waals surface area contributed by atoms with Crippen molar-refractivity contribution in [3.8, 4) is 0 Å². The molecule has 132 valence electrons. The van der Waals surface area contributed by atoms with Gasteiger partial charge in [-0.3, -0.25) is 0 Å². The molecule has 0 bridgehead atoms. The molecule has 1 N–H and O–H groups in total. The summed E-state index contributed by atoms with van der Waals surface area (Å²) in [6.45, 7) is 2.50. The van der Waals surface area contributed by atoms with E-state index < -0.39 is 11.8 Å². The summed E-state index contributed by atoms with van der Waals surface area (Å²) in [5.41, 5.74) is 1.57. The van der Waals surface area contributed by atoms with Crippen molar-refractivity contribution >= 4 is 28.9 Å². The number of nitrogens with one attached hydrogen (secondary N) is 1. The lowest BCUT2D eigenvalue weighted by molar-refractivity contribution is -0.254. The summed E-state index contributed by atoms with van der Waals surface area (Å²) < 4.78 is 19.1. The summed E-state index contributed by atoms with van der Waals surface area (Å²) in [5.74, 6) is -1.67. The van der Waals surface area contributed by atoms with Crippen molar-refractivity contribution < 1.29 is 19.0 Å². The Hall–Kier alpha value is -2.31. The number of carbonyl (C=O) groups excluding carboxylic acids is 1. The van der Waals surface area contributed by atoms with Crippen molar-refractivity contribution in [2.45, 2.75) is 6.54 Å². The molecule has 0 aromatic heterocycles. The molecular formula is C18H17ClFN2O3-. The molecule has 3 rings (SSSR count). The third-order valence-electron chi connectivity index (χ3n) is 4.10. The first-order chi connectivity index (χ1) is 12.1. The highest BCUT2D eigenvalue weighted by molar-refractivity contribution is 6.31. The van der Waals surface area contributed by atoms with E-state index in [4.69, 9.17) is 16.3 Å². The van der Waals surface area contributed by atoms with Gasteiger partial charge in [0.2, 0.25) is 0 Å². The molecule has 1 saturated heterocycles. The van der Waals surface area contributed by atoms with E-state index in [0.29, 0.717) is 48.3 Å². The number of nitrogens with zero attached hydrogens (tertiary/aromatic N) is 1. The fraction of sp³-hybridized carbons (Fsp3) is 0.278. The molecule has 0 atom stereocenters. The van der Waals surface area contributed by atoms with Crippen LogP contribution in [-0.4, -0.2) is 32.3 Å². The largest absolute Gasteiger partial charge is 0.545 e. The summed E-state index contributed by atoms with van der Waals surface area (Å²) in [5, 5.41) is 14.8. The number of benzene rings is 2. The average Bonchev–Trinajstić information content (AvgIpc) is 2.62. The van der Waals surface area contributed by atoms with E-state index in [0.717, 1.165) is 0 Å². The molecule has 1 heterocycles. The van der Waals surface area contributed by atoms with Crippen LogP contribution in [0.1, 0.15) is 15.9 Å². The summed E-state index contributed by atoms with van der Waals surface area (Å²) in [4.78, 5) is 13.5. The number of carboxylic acids is 1. The lowest BCUT2D eigenvalue weighted by Gasteiger charge is -2.31. The Morgan fingerprint density at radius 1 is 1.28 bits per heavy atom. The summed E-state index contributed by atoms with van der Waals surface area (Å²) in [6.07, 6.45) is 0. The number of hydrogen-bond donors (Lipinski definition) is 1. The van der Waals surface area contributed by atoms with Gasteiger partial charge in [-0.1, -0.05) is 17.7 Å². The van der Waals surface area contributed by atoms with Crippen LogP contribution < -0.4 is 15.3 Å². The highest BCUT2D eigenvalue weighted by Crippen LogP contribution is 2.26. The number of carbonyl (C=O) groups is 1. The number of morpholine rings is 1. The van der Waals surface area contributed by atoms with E-state index in [2.05, 4.69) is 5.32 Å². The van der Waals surface area contributed by atoms with Gasteiger partial charge in [-0.25, -0.2) is 4.39 Å². The second kappa shape index (κ2) is 7.72. The molecule has 2 aromatic rings. The third-order valence-corrected chi connectivity index (χ3v) is 4.45. The zero-order valence-electron chi connectivity index (χ0n) is 13.4. The van der Waals surface area contributed by atoms with Gasteiger partial charge in [0, 0.05) is 47.2 Å². The normalized spacial score (nSPS) is 14.4. The summed E-state index contributed by atoms with van der Waals surface area (Å²) >= 11 is 6.00. The molecule has 1 aliphatic heterocycles. The molecule has 0 unspecified atom stereocenters. The van der Waals surface area contributed by atoms with Crippen molar-refractivity contribution in [2.75, 3.05) is 36.5 Å². The Balaban J connectivity index is 1.81. The molecule has 0 aliphatic carbocycles. The Kier molecular flexibility index (Phi) is 5.40. The molecule has 0 amide bonds. The van der Waals surface area contributed by atoms with Crippen molar-refractivity contribution in [3.05, 3.63) is 58.4 Å². The van der Waals surface area contributed by atoms with Gasteiger partial charge in [-0.15, -0.1) is 0 Å². The lowest BCUT2D eigenvalue weighted by atomic mass is 10.1. The molecular weight excluding hydrogens is 347 g/mol. The van der Waals surface area contributed by atoms with Gasteiger partial charge >= 0.3 is 0 Å². The molecule has 2 aromatic carbocycles. The number of hydrogen-bond acceptors (Lipinski definition) is 5. The van der Waals surface area contributed by atoms with E-state index in [9.17, 15) is 14.3 Å². The maximum Gasteiger partial charge on any atom is 0.129 e. The predicted molar refractivity (Wildman–Crippen MR) is 92.5 cm³/mol. The topological polar surface area (TPSA) is 64.6 Å². The Morgan fingerprint density at radius 3 is 2.72 bits per heavy atom. The molecule has 25 heavy (non-hydrogen) atoms. The Bertz CT molecular complexity index is 759. The zero-order chi connectivity index (χ0) is 17.8. The summed E-state index contributed by atoms with van der Waals surface area (Å²) in [6, 6.07) is 9.45. The lowest BCUT2D eigenvalue weighted by Crippen LogP contribution is -2.38. The van der Waals surface area contributed by atoms with E-state index in [1.54, 1.807) is 18.2 Å². The second-order valence-electron chi connectivity index (χ2n) is 5.67. The first-order valence-corrected chi connectivity index (χ1v) is 8.29. The Labute approximate surface area is 150 Å². The first kappa shape index (κ1) is 17.5. The molecule has 1 aliphatic rings. The number of carboxylic acid groups (broad SMARTS) is 1. The van der Waals surface area contributed by atoms with Crippen LogP contribution in [0.3, 0.4) is 0 Å². The average molecular weight is 364 g/mol. The van der Waals surface area contributed by atoms with E-state index in [1.807, 2.05) is 4.90 Å². The molecule has 1 fully saturated rings. The van der Waals surface area contributed by atoms with Crippen molar-refractivity contribution in [2.24, 2.45) is 0 Å². The van der Waals surface area contributed by atoms with Gasteiger partial charge in [0.1, 0.15) is 5.82 Å². The van der Waals surface area contributed by atoms with Crippen LogP contribution in [0.25, 0.3) is 0 Å². The quantitative estimate of drug-likeness (QED) is 0.883. The molecule has 5 nitrogen and oxygen atoms in total. The zero-order valence-corrected chi connectivity index (χ0v) is 14.2. The molecule has 7 heteroatoms. The van der Waals surface area contributed by atoms with Crippen molar-refractivity contribution in [1.29, 1.82) is 0 Å². The van der Waals surface area contributed by atoms with Gasteiger partial charge in [-0.2, -0.15) is 0 Å². The smallest absolute Gasteiger partial charge is 0.129 e. The van der Waals surface area contributed by atoms with Crippen LogP contribution in [-0.2, 0) is 11.3 Å². The summed E-state index contributed by atoms with van der Waals surface area (Å²) in [7, 11) is 0. The number of halogens is 2. The van der Waals surface area contributed by atoms with Gasteiger partial charge in [-0.05, 0) is 30.3 Å². The number of anilines is 2. The standard InChI is InChI=1S/C18H18ClFN2O3/c19-15-2-1-3-16(20)14(15)11-21-12-4-5-17(13(10-12)18(23)24)22-6-8-25-9-7-22/h1-5,10,21H,6-9,11H2,(H,23,24)/p-1. The predicted octanol–water partition coefficient (Wildman–Crippen LogP) is 2.29. The number of ether oxygens (including phenoxy) is 1. The minimum atomic E-state index is -1.26. The van der Waals surface area contributed by atoms with Crippen LogP contribution in [0.2, 0.25) is 5.02 Å². The highest BCUT2D eigenvalue weighted by atomic mass is 35.5. The van der Waals surface area contributed by atoms with Crippen LogP contribution in [0.5, 0.6) is 0 Å². The van der Waals surface area contributed by atoms with Gasteiger partial charge in [0.05, 0.1) is 19.2 Å². The fourth-order valence-electron chi connectivity index (χ4n) is 2.78. The van der Waals surface area contributed by atoms with E-state index in [1.165, 1.54) is 18.2 Å². The number of aromatic carboxylic acids is 1. The fourth-order valence-corrected chi connectivity index (χ4v) is 3.01. The maximum atomic E-state index is 13.8. The first-order valence-electron chi connectivity index (χ1n) is 7.91. The van der Waals surface area contributed by atoms with Crippen LogP contribution >= 0.6 is 11.6 Å². The monoisotopic (exact) mass is 363 g/mol. The van der Waals surface area contributed by atoms with Crippen molar-refractivity contribution in [1.82, 2.24) is 0 Å². The number of rotatable bonds is 5. The molecule has 0 saturated carbocycles.